The first-order valence-electron chi connectivity index (χ1n) is 8.35. The minimum Gasteiger partial charge on any atom is -0.350 e. The van der Waals surface area contributed by atoms with E-state index in [2.05, 4.69) is 21.7 Å². The Bertz CT molecular complexity index is 755. The maximum Gasteiger partial charge on any atom is 0.273 e. The van der Waals surface area contributed by atoms with Crippen molar-refractivity contribution in [3.63, 3.8) is 0 Å². The molecule has 25 heavy (non-hydrogen) atoms. The van der Waals surface area contributed by atoms with E-state index in [-0.39, 0.29) is 17.6 Å². The Balaban J connectivity index is 1.71. The number of hydrogen-bond acceptors (Lipinski definition) is 5. The largest absolute Gasteiger partial charge is 0.350 e. The highest BCUT2D eigenvalue weighted by molar-refractivity contribution is 7.07. The first-order valence-corrected chi connectivity index (χ1v) is 9.30. The van der Waals surface area contributed by atoms with Gasteiger partial charge in [0.05, 0.1) is 11.0 Å². The molecule has 0 radical (unpaired) electrons. The summed E-state index contributed by atoms with van der Waals surface area (Å²) in [7, 11) is 0. The quantitative estimate of drug-likeness (QED) is 0.632. The maximum atomic E-state index is 12.5. The van der Waals surface area contributed by atoms with E-state index in [1.54, 1.807) is 30.4 Å². The van der Waals surface area contributed by atoms with Gasteiger partial charge in [-0.2, -0.15) is 11.3 Å². The zero-order chi connectivity index (χ0) is 17.8. The van der Waals surface area contributed by atoms with Gasteiger partial charge in [0.15, 0.2) is 0 Å². The number of carbonyl (C=O) groups is 1. The second-order valence-electron chi connectivity index (χ2n) is 6.28. The van der Waals surface area contributed by atoms with Crippen LogP contribution >= 0.6 is 11.3 Å². The lowest BCUT2D eigenvalue weighted by Gasteiger charge is -2.27. The first kappa shape index (κ1) is 17.6. The number of likely N-dealkylation sites (tertiary alicyclic amines) is 1. The van der Waals surface area contributed by atoms with Gasteiger partial charge in [0.25, 0.3) is 11.6 Å². The summed E-state index contributed by atoms with van der Waals surface area (Å²) in [5.41, 5.74) is 2.06. The molecule has 1 unspecified atom stereocenters. The van der Waals surface area contributed by atoms with Crippen LogP contribution in [0.5, 0.6) is 0 Å². The summed E-state index contributed by atoms with van der Waals surface area (Å²) in [5, 5.41) is 18.2. The van der Waals surface area contributed by atoms with Gasteiger partial charge in [-0.1, -0.05) is 6.07 Å². The fraction of sp³-hybridized carbons (Fsp3) is 0.389. The number of aryl methyl sites for hydroxylation is 1. The third-order valence-electron chi connectivity index (χ3n) is 4.63. The molecule has 1 aromatic heterocycles. The number of benzene rings is 1. The average Bonchev–Trinajstić information content (AvgIpc) is 3.29. The summed E-state index contributed by atoms with van der Waals surface area (Å²) in [6.07, 6.45) is 2.36. The van der Waals surface area contributed by atoms with Crippen LogP contribution in [0.25, 0.3) is 0 Å². The molecular weight excluding hydrogens is 338 g/mol. The van der Waals surface area contributed by atoms with E-state index in [0.29, 0.717) is 17.7 Å². The fourth-order valence-electron chi connectivity index (χ4n) is 3.21. The van der Waals surface area contributed by atoms with Gasteiger partial charge in [0.1, 0.15) is 0 Å². The van der Waals surface area contributed by atoms with Crippen LogP contribution in [0.1, 0.15) is 40.4 Å². The van der Waals surface area contributed by atoms with Gasteiger partial charge >= 0.3 is 0 Å². The van der Waals surface area contributed by atoms with Crippen molar-refractivity contribution < 1.29 is 9.72 Å². The molecule has 1 aromatic carbocycles. The lowest BCUT2D eigenvalue weighted by atomic mass is 10.1. The van der Waals surface area contributed by atoms with Crippen LogP contribution in [0.2, 0.25) is 0 Å². The maximum absolute atomic E-state index is 12.5. The van der Waals surface area contributed by atoms with Gasteiger partial charge in [0, 0.05) is 23.7 Å². The highest BCUT2D eigenvalue weighted by Gasteiger charge is 2.24. The molecule has 7 heteroatoms. The summed E-state index contributed by atoms with van der Waals surface area (Å²) in [4.78, 5) is 25.5. The molecule has 1 aliphatic rings. The van der Waals surface area contributed by atoms with Gasteiger partial charge < -0.3 is 5.32 Å². The third kappa shape index (κ3) is 4.05. The lowest BCUT2D eigenvalue weighted by Crippen LogP contribution is -2.36. The van der Waals surface area contributed by atoms with Gasteiger partial charge in [-0.05, 0) is 61.3 Å². The number of rotatable bonds is 6. The Morgan fingerprint density at radius 1 is 1.36 bits per heavy atom. The SMILES string of the molecule is Cc1ccc(C(=O)NCC(c2ccsc2)N2CCCC2)cc1[N+](=O)[O-]. The van der Waals surface area contributed by atoms with Gasteiger partial charge in [-0.25, -0.2) is 0 Å². The number of nitro groups is 1. The van der Waals surface area contributed by atoms with E-state index in [4.69, 9.17) is 0 Å². The average molecular weight is 359 g/mol. The van der Waals surface area contributed by atoms with Crippen LogP contribution in [0.4, 0.5) is 5.69 Å². The third-order valence-corrected chi connectivity index (χ3v) is 5.33. The number of nitro benzene ring substituents is 1. The molecule has 2 heterocycles. The highest BCUT2D eigenvalue weighted by Crippen LogP contribution is 2.26. The molecule has 0 aliphatic carbocycles. The van der Waals surface area contributed by atoms with Gasteiger partial charge in [-0.15, -0.1) is 0 Å². The van der Waals surface area contributed by atoms with E-state index in [1.165, 1.54) is 24.5 Å². The Kier molecular flexibility index (Phi) is 5.45. The van der Waals surface area contributed by atoms with Crippen LogP contribution in [0.15, 0.2) is 35.0 Å². The van der Waals surface area contributed by atoms with Crippen LogP contribution in [-0.2, 0) is 0 Å². The number of nitrogens with zero attached hydrogens (tertiary/aromatic N) is 2. The number of hydrogen-bond donors (Lipinski definition) is 1. The fourth-order valence-corrected chi connectivity index (χ4v) is 3.92. The molecule has 1 amide bonds. The van der Waals surface area contributed by atoms with Crippen molar-refractivity contribution in [1.29, 1.82) is 0 Å². The highest BCUT2D eigenvalue weighted by atomic mass is 32.1. The summed E-state index contributed by atoms with van der Waals surface area (Å²) in [6.45, 7) is 4.23. The zero-order valence-electron chi connectivity index (χ0n) is 14.1. The predicted octanol–water partition coefficient (Wildman–Crippen LogP) is 3.53. The Hall–Kier alpha value is -2.25. The number of thiophene rings is 1. The van der Waals surface area contributed by atoms with Crippen molar-refractivity contribution in [1.82, 2.24) is 10.2 Å². The summed E-state index contributed by atoms with van der Waals surface area (Å²) in [6, 6.07) is 6.84. The molecule has 132 valence electrons. The van der Waals surface area contributed by atoms with E-state index in [0.717, 1.165) is 13.1 Å². The predicted molar refractivity (Wildman–Crippen MR) is 98.0 cm³/mol. The molecule has 1 N–H and O–H groups in total. The molecule has 0 saturated carbocycles. The van der Waals surface area contributed by atoms with Crippen molar-refractivity contribution in [3.05, 3.63) is 61.8 Å². The van der Waals surface area contributed by atoms with Crippen molar-refractivity contribution in [2.75, 3.05) is 19.6 Å². The Morgan fingerprint density at radius 3 is 2.76 bits per heavy atom. The van der Waals surface area contributed by atoms with Crippen molar-refractivity contribution in [2.45, 2.75) is 25.8 Å². The number of carbonyl (C=O) groups excluding carboxylic acids is 1. The second kappa shape index (κ2) is 7.76. The molecule has 1 saturated heterocycles. The van der Waals surface area contributed by atoms with E-state index >= 15 is 0 Å². The smallest absolute Gasteiger partial charge is 0.273 e. The Labute approximate surface area is 150 Å². The molecule has 2 aromatic rings. The molecule has 3 rings (SSSR count). The van der Waals surface area contributed by atoms with E-state index < -0.39 is 4.92 Å². The Morgan fingerprint density at radius 2 is 2.12 bits per heavy atom. The molecule has 0 spiro atoms. The van der Waals surface area contributed by atoms with Crippen LogP contribution in [-0.4, -0.2) is 35.4 Å². The van der Waals surface area contributed by atoms with E-state index in [1.807, 2.05) is 5.38 Å². The van der Waals surface area contributed by atoms with Gasteiger partial charge in [-0.3, -0.25) is 19.8 Å². The minimum atomic E-state index is -0.454. The van der Waals surface area contributed by atoms with E-state index in [9.17, 15) is 14.9 Å². The second-order valence-corrected chi connectivity index (χ2v) is 7.06. The summed E-state index contributed by atoms with van der Waals surface area (Å²) >= 11 is 1.65. The van der Waals surface area contributed by atoms with Crippen LogP contribution in [0, 0.1) is 17.0 Å². The van der Waals surface area contributed by atoms with Crippen LogP contribution in [0.3, 0.4) is 0 Å². The number of nitrogens with one attached hydrogen (secondary N) is 1. The topological polar surface area (TPSA) is 75.5 Å². The molecular formula is C18H21N3O3S. The van der Waals surface area contributed by atoms with Crippen molar-refractivity contribution in [3.8, 4) is 0 Å². The standard InChI is InChI=1S/C18H21N3O3S/c1-13-4-5-14(10-16(13)21(23)24)18(22)19-11-17(15-6-9-25-12-15)20-7-2-3-8-20/h4-6,9-10,12,17H,2-3,7-8,11H2,1H3,(H,19,22). The monoisotopic (exact) mass is 359 g/mol. The molecule has 0 bridgehead atoms. The lowest BCUT2D eigenvalue weighted by molar-refractivity contribution is -0.385. The molecule has 1 fully saturated rings. The van der Waals surface area contributed by atoms with Gasteiger partial charge in [0.2, 0.25) is 0 Å². The van der Waals surface area contributed by atoms with Crippen molar-refractivity contribution >= 4 is 22.9 Å². The van der Waals surface area contributed by atoms with Crippen LogP contribution < -0.4 is 5.32 Å². The summed E-state index contributed by atoms with van der Waals surface area (Å²) < 4.78 is 0. The molecule has 1 aliphatic heterocycles. The molecule has 1 atom stereocenters. The first-order chi connectivity index (χ1) is 12.1. The van der Waals surface area contributed by atoms with Crippen molar-refractivity contribution in [2.24, 2.45) is 0 Å². The minimum absolute atomic E-state index is 0.0263. The normalized spacial score (nSPS) is 15.9. The zero-order valence-corrected chi connectivity index (χ0v) is 14.9. The molecule has 6 nitrogen and oxygen atoms in total. The summed E-state index contributed by atoms with van der Waals surface area (Å²) in [5.74, 6) is -0.275. The number of amides is 1.